The first-order chi connectivity index (χ1) is 8.55. The number of halogens is 1. The van der Waals surface area contributed by atoms with Gasteiger partial charge in [-0.1, -0.05) is 32.6 Å². The lowest BCUT2D eigenvalue weighted by Gasteiger charge is -2.26. The fraction of sp³-hybridized carbons (Fsp3) is 0.846. The molecule has 0 saturated heterocycles. The normalized spacial score (nSPS) is 13.2. The standard InChI is InChI=1S/C13H25NO4.ClH/c1-3-4-5-8-13(11(15)16,12(17)18-2)9-6-7-10-14;/h3-10,14H2,1-2H3,(H,15,16);1H. The molecule has 0 spiro atoms. The first kappa shape index (κ1) is 20.5. The van der Waals surface area contributed by atoms with Crippen molar-refractivity contribution in [2.45, 2.75) is 51.9 Å². The van der Waals surface area contributed by atoms with E-state index in [2.05, 4.69) is 4.74 Å². The number of carboxylic acid groups (broad SMARTS) is 1. The molecule has 19 heavy (non-hydrogen) atoms. The highest BCUT2D eigenvalue weighted by Gasteiger charge is 2.46. The summed E-state index contributed by atoms with van der Waals surface area (Å²) in [7, 11) is 1.24. The predicted octanol–water partition coefficient (Wildman–Crippen LogP) is 2.36. The molecule has 0 aromatic heterocycles. The third-order valence-corrected chi connectivity index (χ3v) is 3.25. The number of nitrogens with two attached hydrogens (primary N) is 1. The van der Waals surface area contributed by atoms with Crippen molar-refractivity contribution in [2.24, 2.45) is 11.1 Å². The van der Waals surface area contributed by atoms with E-state index in [0.29, 0.717) is 25.8 Å². The van der Waals surface area contributed by atoms with Crippen LogP contribution in [0.4, 0.5) is 0 Å². The minimum absolute atomic E-state index is 0. The van der Waals surface area contributed by atoms with Gasteiger partial charge in [0, 0.05) is 0 Å². The number of methoxy groups -OCH3 is 1. The molecule has 3 N–H and O–H groups in total. The van der Waals surface area contributed by atoms with Gasteiger partial charge in [0.1, 0.15) is 0 Å². The lowest BCUT2D eigenvalue weighted by molar-refractivity contribution is -0.168. The first-order valence-corrected chi connectivity index (χ1v) is 6.57. The van der Waals surface area contributed by atoms with Crippen LogP contribution in [0.2, 0.25) is 0 Å². The molecule has 6 heteroatoms. The molecule has 0 aliphatic rings. The predicted molar refractivity (Wildman–Crippen MR) is 76.4 cm³/mol. The number of rotatable bonds is 10. The van der Waals surface area contributed by atoms with Crippen molar-refractivity contribution >= 4 is 24.3 Å². The molecular weight excluding hydrogens is 270 g/mol. The van der Waals surface area contributed by atoms with Gasteiger partial charge in [0.15, 0.2) is 5.41 Å². The molecule has 0 fully saturated rings. The van der Waals surface area contributed by atoms with Crippen LogP contribution in [-0.2, 0) is 14.3 Å². The third kappa shape index (κ3) is 6.25. The number of carbonyl (C=O) groups excluding carboxylic acids is 1. The Bertz CT molecular complexity index is 261. The molecule has 0 saturated carbocycles. The van der Waals surface area contributed by atoms with E-state index in [4.69, 9.17) is 5.73 Å². The molecule has 5 nitrogen and oxygen atoms in total. The second-order valence-electron chi connectivity index (χ2n) is 4.58. The fourth-order valence-electron chi connectivity index (χ4n) is 2.07. The first-order valence-electron chi connectivity index (χ1n) is 6.57. The summed E-state index contributed by atoms with van der Waals surface area (Å²) in [5.41, 5.74) is 4.01. The van der Waals surface area contributed by atoms with Gasteiger partial charge in [0.05, 0.1) is 7.11 Å². The minimum Gasteiger partial charge on any atom is -0.480 e. The Kier molecular flexibility index (Phi) is 11.9. The van der Waals surface area contributed by atoms with Crippen molar-refractivity contribution in [2.75, 3.05) is 13.7 Å². The van der Waals surface area contributed by atoms with E-state index in [1.165, 1.54) is 7.11 Å². The fourth-order valence-corrected chi connectivity index (χ4v) is 2.07. The van der Waals surface area contributed by atoms with Gasteiger partial charge in [-0.05, 0) is 25.8 Å². The number of carboxylic acids is 1. The van der Waals surface area contributed by atoms with Gasteiger partial charge in [0.2, 0.25) is 0 Å². The zero-order chi connectivity index (χ0) is 14.0. The Morgan fingerprint density at radius 3 is 2.05 bits per heavy atom. The number of unbranched alkanes of at least 4 members (excludes halogenated alkanes) is 3. The highest BCUT2D eigenvalue weighted by molar-refractivity contribution is 5.99. The van der Waals surface area contributed by atoms with E-state index >= 15 is 0 Å². The molecule has 0 heterocycles. The molecule has 0 aliphatic carbocycles. The van der Waals surface area contributed by atoms with Crippen LogP contribution in [0.15, 0.2) is 0 Å². The topological polar surface area (TPSA) is 89.6 Å². The zero-order valence-electron chi connectivity index (χ0n) is 11.8. The summed E-state index contributed by atoms with van der Waals surface area (Å²) < 4.78 is 4.69. The summed E-state index contributed by atoms with van der Waals surface area (Å²) in [4.78, 5) is 23.3. The molecule has 1 atom stereocenters. The van der Waals surface area contributed by atoms with Gasteiger partial charge in [-0.15, -0.1) is 12.4 Å². The monoisotopic (exact) mass is 295 g/mol. The smallest absolute Gasteiger partial charge is 0.323 e. The van der Waals surface area contributed by atoms with Crippen LogP contribution >= 0.6 is 12.4 Å². The molecule has 0 aromatic rings. The van der Waals surface area contributed by atoms with Gasteiger partial charge in [0.25, 0.3) is 0 Å². The van der Waals surface area contributed by atoms with E-state index in [0.717, 1.165) is 25.7 Å². The Hall–Kier alpha value is -0.810. The molecule has 114 valence electrons. The van der Waals surface area contributed by atoms with Crippen molar-refractivity contribution in [1.29, 1.82) is 0 Å². The summed E-state index contributed by atoms with van der Waals surface area (Å²) in [6.45, 7) is 2.54. The number of hydrogen-bond acceptors (Lipinski definition) is 4. The van der Waals surface area contributed by atoms with Crippen LogP contribution in [0.5, 0.6) is 0 Å². The van der Waals surface area contributed by atoms with Crippen molar-refractivity contribution in [1.82, 2.24) is 0 Å². The van der Waals surface area contributed by atoms with Gasteiger partial charge in [-0.3, -0.25) is 9.59 Å². The van der Waals surface area contributed by atoms with Crippen LogP contribution in [-0.4, -0.2) is 30.7 Å². The Morgan fingerprint density at radius 1 is 1.16 bits per heavy atom. The Morgan fingerprint density at radius 2 is 1.68 bits per heavy atom. The van der Waals surface area contributed by atoms with Crippen LogP contribution in [0, 0.1) is 5.41 Å². The number of aliphatic carboxylic acids is 1. The molecule has 0 aromatic carbocycles. The number of carbonyl (C=O) groups is 2. The number of esters is 1. The summed E-state index contributed by atoms with van der Waals surface area (Å²) in [6.07, 6.45) is 4.62. The number of ether oxygens (including phenoxy) is 1. The van der Waals surface area contributed by atoms with E-state index in [1.54, 1.807) is 0 Å². The molecule has 0 radical (unpaired) electrons. The van der Waals surface area contributed by atoms with Crippen molar-refractivity contribution in [3.63, 3.8) is 0 Å². The zero-order valence-corrected chi connectivity index (χ0v) is 12.6. The number of hydrogen-bond donors (Lipinski definition) is 2. The second-order valence-corrected chi connectivity index (χ2v) is 4.58. The van der Waals surface area contributed by atoms with Crippen molar-refractivity contribution < 1.29 is 19.4 Å². The van der Waals surface area contributed by atoms with Crippen molar-refractivity contribution in [3.05, 3.63) is 0 Å². The van der Waals surface area contributed by atoms with Crippen molar-refractivity contribution in [3.8, 4) is 0 Å². The maximum absolute atomic E-state index is 11.8. The van der Waals surface area contributed by atoms with Gasteiger partial charge in [-0.25, -0.2) is 0 Å². The van der Waals surface area contributed by atoms with E-state index in [-0.39, 0.29) is 12.4 Å². The lowest BCUT2D eigenvalue weighted by atomic mass is 9.78. The molecular formula is C13H26ClNO4. The summed E-state index contributed by atoms with van der Waals surface area (Å²) >= 11 is 0. The maximum Gasteiger partial charge on any atom is 0.323 e. The average Bonchev–Trinajstić information content (AvgIpc) is 2.36. The summed E-state index contributed by atoms with van der Waals surface area (Å²) in [5, 5.41) is 9.39. The largest absolute Gasteiger partial charge is 0.480 e. The van der Waals surface area contributed by atoms with Gasteiger partial charge >= 0.3 is 11.9 Å². The quantitative estimate of drug-likeness (QED) is 0.367. The van der Waals surface area contributed by atoms with E-state index in [9.17, 15) is 14.7 Å². The SMILES string of the molecule is CCCCCC(CCCCN)(C(=O)O)C(=O)OC.Cl. The van der Waals surface area contributed by atoms with Crippen LogP contribution < -0.4 is 5.73 Å². The summed E-state index contributed by atoms with van der Waals surface area (Å²) in [5.74, 6) is -1.72. The molecule has 0 bridgehead atoms. The maximum atomic E-state index is 11.8. The average molecular weight is 296 g/mol. The molecule has 0 rings (SSSR count). The van der Waals surface area contributed by atoms with Crippen LogP contribution in [0.1, 0.15) is 51.9 Å². The second kappa shape index (κ2) is 11.1. The molecule has 0 aliphatic heterocycles. The minimum atomic E-state index is -1.39. The molecule has 1 unspecified atom stereocenters. The van der Waals surface area contributed by atoms with Gasteiger partial charge < -0.3 is 15.6 Å². The Balaban J connectivity index is 0. The summed E-state index contributed by atoms with van der Waals surface area (Å²) in [6, 6.07) is 0. The highest BCUT2D eigenvalue weighted by Crippen LogP contribution is 2.33. The third-order valence-electron chi connectivity index (χ3n) is 3.25. The van der Waals surface area contributed by atoms with E-state index in [1.807, 2.05) is 6.92 Å². The van der Waals surface area contributed by atoms with Gasteiger partial charge in [-0.2, -0.15) is 0 Å². The Labute approximate surface area is 121 Å². The van der Waals surface area contributed by atoms with Crippen LogP contribution in [0.3, 0.4) is 0 Å². The van der Waals surface area contributed by atoms with Crippen LogP contribution in [0.25, 0.3) is 0 Å². The lowest BCUT2D eigenvalue weighted by Crippen LogP contribution is -2.40. The van der Waals surface area contributed by atoms with E-state index < -0.39 is 17.4 Å². The highest BCUT2D eigenvalue weighted by atomic mass is 35.5. The molecule has 0 amide bonds.